The lowest BCUT2D eigenvalue weighted by atomic mass is 10.2. The Hall–Kier alpha value is -3.09. The number of pyridine rings is 1. The van der Waals surface area contributed by atoms with Crippen molar-refractivity contribution in [3.8, 4) is 11.6 Å². The SMILES string of the molecule is COc1cc(-n2c(=O)n(C(=O)OC(C)(C)C)c3ccccc32)ccn1. The van der Waals surface area contributed by atoms with Gasteiger partial charge in [0.2, 0.25) is 5.88 Å². The summed E-state index contributed by atoms with van der Waals surface area (Å²) in [6.45, 7) is 5.26. The number of carbonyl (C=O) groups is 1. The number of methoxy groups -OCH3 is 1. The van der Waals surface area contributed by atoms with Crippen LogP contribution < -0.4 is 10.4 Å². The summed E-state index contributed by atoms with van der Waals surface area (Å²) in [6.07, 6.45) is 0.827. The molecule has 7 nitrogen and oxygen atoms in total. The molecule has 1 aromatic carbocycles. The fourth-order valence-electron chi connectivity index (χ4n) is 2.53. The molecule has 0 bridgehead atoms. The van der Waals surface area contributed by atoms with Crippen molar-refractivity contribution < 1.29 is 14.3 Å². The Kier molecular flexibility index (Phi) is 4.08. The molecule has 0 spiro atoms. The van der Waals surface area contributed by atoms with Crippen molar-refractivity contribution >= 4 is 17.1 Å². The highest BCUT2D eigenvalue weighted by molar-refractivity contribution is 5.88. The van der Waals surface area contributed by atoms with Gasteiger partial charge in [-0.1, -0.05) is 12.1 Å². The van der Waals surface area contributed by atoms with Crippen LogP contribution in [-0.4, -0.2) is 32.9 Å². The van der Waals surface area contributed by atoms with E-state index in [9.17, 15) is 9.59 Å². The molecule has 0 saturated carbocycles. The number of aromatic nitrogens is 3. The Morgan fingerprint density at radius 2 is 1.80 bits per heavy atom. The van der Waals surface area contributed by atoms with E-state index >= 15 is 0 Å². The third-order valence-corrected chi connectivity index (χ3v) is 3.51. The molecule has 3 aromatic rings. The normalized spacial score (nSPS) is 11.5. The van der Waals surface area contributed by atoms with Crippen LogP contribution >= 0.6 is 0 Å². The lowest BCUT2D eigenvalue weighted by Gasteiger charge is -2.19. The summed E-state index contributed by atoms with van der Waals surface area (Å²) < 4.78 is 13.0. The highest BCUT2D eigenvalue weighted by atomic mass is 16.6. The van der Waals surface area contributed by atoms with Gasteiger partial charge in [0.25, 0.3) is 0 Å². The van der Waals surface area contributed by atoms with Crippen molar-refractivity contribution in [1.29, 1.82) is 0 Å². The minimum absolute atomic E-state index is 0.374. The molecule has 0 aliphatic rings. The van der Waals surface area contributed by atoms with Crippen LogP contribution in [0.3, 0.4) is 0 Å². The third kappa shape index (κ3) is 3.13. The minimum Gasteiger partial charge on any atom is -0.481 e. The number of para-hydroxylation sites is 2. The summed E-state index contributed by atoms with van der Waals surface area (Å²) in [5.41, 5.74) is 0.391. The fourth-order valence-corrected chi connectivity index (χ4v) is 2.53. The average molecular weight is 341 g/mol. The van der Waals surface area contributed by atoms with E-state index in [0.29, 0.717) is 22.6 Å². The van der Waals surface area contributed by atoms with Gasteiger partial charge in [0, 0.05) is 12.3 Å². The number of carbonyl (C=O) groups excluding carboxylic acids is 1. The molecule has 2 aromatic heterocycles. The van der Waals surface area contributed by atoms with Crippen molar-refractivity contribution in [1.82, 2.24) is 14.1 Å². The molecule has 0 N–H and O–H groups in total. The highest BCUT2D eigenvalue weighted by Gasteiger charge is 2.24. The van der Waals surface area contributed by atoms with Gasteiger partial charge in [-0.05, 0) is 39.0 Å². The van der Waals surface area contributed by atoms with Crippen LogP contribution in [0.2, 0.25) is 0 Å². The topological polar surface area (TPSA) is 75.3 Å². The summed E-state index contributed by atoms with van der Waals surface area (Å²) in [6, 6.07) is 10.3. The summed E-state index contributed by atoms with van der Waals surface area (Å²) in [5.74, 6) is 0.374. The summed E-state index contributed by atoms with van der Waals surface area (Å²) in [7, 11) is 1.50. The molecule has 0 fully saturated rings. The van der Waals surface area contributed by atoms with Crippen LogP contribution in [0.25, 0.3) is 16.7 Å². The smallest absolute Gasteiger partial charge is 0.423 e. The number of hydrogen-bond donors (Lipinski definition) is 0. The molecule has 25 heavy (non-hydrogen) atoms. The molecule has 0 unspecified atom stereocenters. The summed E-state index contributed by atoms with van der Waals surface area (Å²) >= 11 is 0. The van der Waals surface area contributed by atoms with Gasteiger partial charge in [-0.3, -0.25) is 4.57 Å². The number of benzene rings is 1. The van der Waals surface area contributed by atoms with Gasteiger partial charge in [-0.2, -0.15) is 4.57 Å². The van der Waals surface area contributed by atoms with Gasteiger partial charge in [0.15, 0.2) is 0 Å². The van der Waals surface area contributed by atoms with E-state index < -0.39 is 17.4 Å². The lowest BCUT2D eigenvalue weighted by molar-refractivity contribution is 0.0538. The standard InChI is InChI=1S/C18H19N3O4/c1-18(2,3)25-17(23)21-14-8-6-5-7-13(14)20(16(21)22)12-9-10-19-15(11-12)24-4/h5-11H,1-4H3. The van der Waals surface area contributed by atoms with Gasteiger partial charge in [-0.25, -0.2) is 14.6 Å². The van der Waals surface area contributed by atoms with Gasteiger partial charge >= 0.3 is 11.8 Å². The molecular formula is C18H19N3O4. The number of fused-ring (bicyclic) bond motifs is 1. The van der Waals surface area contributed by atoms with Gasteiger partial charge in [-0.15, -0.1) is 0 Å². The Balaban J connectivity index is 2.26. The van der Waals surface area contributed by atoms with Crippen LogP contribution in [0.5, 0.6) is 5.88 Å². The molecule has 0 amide bonds. The van der Waals surface area contributed by atoms with Crippen LogP contribution in [0.4, 0.5) is 4.79 Å². The second-order valence-corrected chi connectivity index (χ2v) is 6.48. The van der Waals surface area contributed by atoms with Crippen molar-refractivity contribution in [2.24, 2.45) is 0 Å². The first kappa shape index (κ1) is 16.8. The zero-order chi connectivity index (χ0) is 18.2. The first-order chi connectivity index (χ1) is 11.8. The van der Waals surface area contributed by atoms with Crippen LogP contribution in [0.15, 0.2) is 47.4 Å². The molecule has 130 valence electrons. The Morgan fingerprint density at radius 3 is 2.44 bits per heavy atom. The maximum Gasteiger partial charge on any atom is 0.423 e. The zero-order valence-corrected chi connectivity index (χ0v) is 14.5. The molecule has 0 radical (unpaired) electrons. The van der Waals surface area contributed by atoms with Crippen molar-refractivity contribution in [2.45, 2.75) is 26.4 Å². The van der Waals surface area contributed by atoms with E-state index in [2.05, 4.69) is 4.98 Å². The molecule has 0 aliphatic heterocycles. The first-order valence-electron chi connectivity index (χ1n) is 7.78. The van der Waals surface area contributed by atoms with E-state index in [0.717, 1.165) is 4.57 Å². The minimum atomic E-state index is -0.714. The van der Waals surface area contributed by atoms with Crippen LogP contribution in [-0.2, 0) is 4.74 Å². The number of hydrogen-bond acceptors (Lipinski definition) is 5. The molecule has 3 rings (SSSR count). The zero-order valence-electron chi connectivity index (χ0n) is 14.5. The average Bonchev–Trinajstić information content (AvgIpc) is 2.85. The Morgan fingerprint density at radius 1 is 1.12 bits per heavy atom. The second-order valence-electron chi connectivity index (χ2n) is 6.48. The molecule has 7 heteroatoms. The third-order valence-electron chi connectivity index (χ3n) is 3.51. The summed E-state index contributed by atoms with van der Waals surface area (Å²) in [4.78, 5) is 29.6. The van der Waals surface area contributed by atoms with E-state index in [-0.39, 0.29) is 0 Å². The summed E-state index contributed by atoms with van der Waals surface area (Å²) in [5, 5.41) is 0. The van der Waals surface area contributed by atoms with Crippen LogP contribution in [0, 0.1) is 0 Å². The second kappa shape index (κ2) is 6.08. The van der Waals surface area contributed by atoms with Crippen LogP contribution in [0.1, 0.15) is 20.8 Å². The van der Waals surface area contributed by atoms with E-state index in [1.165, 1.54) is 11.7 Å². The maximum absolute atomic E-state index is 13.0. The van der Waals surface area contributed by atoms with Crippen molar-refractivity contribution in [3.63, 3.8) is 0 Å². The van der Waals surface area contributed by atoms with E-state index in [1.54, 1.807) is 63.4 Å². The largest absolute Gasteiger partial charge is 0.481 e. The molecule has 0 atom stereocenters. The first-order valence-corrected chi connectivity index (χ1v) is 7.78. The fraction of sp³-hybridized carbons (Fsp3) is 0.278. The molecule has 0 saturated heterocycles. The number of imidazole rings is 1. The lowest BCUT2D eigenvalue weighted by Crippen LogP contribution is -2.34. The molecule has 0 aliphatic carbocycles. The predicted molar refractivity (Wildman–Crippen MR) is 93.5 cm³/mol. The Bertz CT molecular complexity index is 995. The number of rotatable bonds is 2. The van der Waals surface area contributed by atoms with E-state index in [1.807, 2.05) is 0 Å². The van der Waals surface area contributed by atoms with Gasteiger partial charge < -0.3 is 9.47 Å². The number of ether oxygens (including phenoxy) is 2. The van der Waals surface area contributed by atoms with E-state index in [4.69, 9.17) is 9.47 Å². The monoisotopic (exact) mass is 341 g/mol. The van der Waals surface area contributed by atoms with Gasteiger partial charge in [0.05, 0.1) is 23.8 Å². The highest BCUT2D eigenvalue weighted by Crippen LogP contribution is 2.20. The quantitative estimate of drug-likeness (QED) is 0.716. The maximum atomic E-state index is 13.0. The predicted octanol–water partition coefficient (Wildman–Crippen LogP) is 2.98. The molecular weight excluding hydrogens is 322 g/mol. The van der Waals surface area contributed by atoms with Crippen molar-refractivity contribution in [3.05, 3.63) is 53.1 Å². The molecule has 2 heterocycles. The number of nitrogens with zero attached hydrogens (tertiary/aromatic N) is 3. The van der Waals surface area contributed by atoms with Crippen molar-refractivity contribution in [2.75, 3.05) is 7.11 Å². The Labute approximate surface area is 144 Å². The van der Waals surface area contributed by atoms with Gasteiger partial charge in [0.1, 0.15) is 5.60 Å².